The molecular formula is C26H31N3O4. The molecule has 0 radical (unpaired) electrons. The third-order valence-electron chi connectivity index (χ3n) is 6.08. The van der Waals surface area contributed by atoms with Crippen LogP contribution in [0.3, 0.4) is 0 Å². The summed E-state index contributed by atoms with van der Waals surface area (Å²) in [7, 11) is 0. The van der Waals surface area contributed by atoms with Gasteiger partial charge in [-0.25, -0.2) is 4.79 Å². The van der Waals surface area contributed by atoms with Crippen LogP contribution in [-0.4, -0.2) is 55.0 Å². The zero-order valence-corrected chi connectivity index (χ0v) is 19.5. The van der Waals surface area contributed by atoms with E-state index in [0.29, 0.717) is 25.3 Å². The van der Waals surface area contributed by atoms with Gasteiger partial charge >= 0.3 is 5.63 Å². The first-order valence-electron chi connectivity index (χ1n) is 11.4. The summed E-state index contributed by atoms with van der Waals surface area (Å²) in [4.78, 5) is 29.1. The van der Waals surface area contributed by atoms with Crippen LogP contribution in [0.5, 0.6) is 5.75 Å². The minimum atomic E-state index is -0.344. The summed E-state index contributed by atoms with van der Waals surface area (Å²) in [5.41, 5.74) is 4.21. The lowest BCUT2D eigenvalue weighted by Gasteiger charge is -2.34. The first-order chi connectivity index (χ1) is 15.9. The third kappa shape index (κ3) is 5.61. The Kier molecular flexibility index (Phi) is 7.11. The fraction of sp³-hybridized carbons (Fsp3) is 0.385. The fourth-order valence-corrected chi connectivity index (χ4v) is 4.33. The van der Waals surface area contributed by atoms with E-state index in [9.17, 15) is 9.59 Å². The average Bonchev–Trinajstić information content (AvgIpc) is 2.78. The first-order valence-corrected chi connectivity index (χ1v) is 11.4. The molecule has 7 nitrogen and oxygen atoms in total. The molecule has 0 aliphatic carbocycles. The average molecular weight is 450 g/mol. The van der Waals surface area contributed by atoms with Gasteiger partial charge in [0.15, 0.2) is 0 Å². The molecule has 0 bridgehead atoms. The number of ether oxygens (including phenoxy) is 1. The molecule has 1 amide bonds. The van der Waals surface area contributed by atoms with Crippen molar-refractivity contribution in [3.63, 3.8) is 0 Å². The van der Waals surface area contributed by atoms with Crippen LogP contribution < -0.4 is 15.7 Å². The van der Waals surface area contributed by atoms with Crippen LogP contribution in [0.15, 0.2) is 51.7 Å². The summed E-state index contributed by atoms with van der Waals surface area (Å²) in [6, 6.07) is 13.1. The van der Waals surface area contributed by atoms with Gasteiger partial charge < -0.3 is 14.5 Å². The maximum atomic E-state index is 12.6. The summed E-state index contributed by atoms with van der Waals surface area (Å²) in [5, 5.41) is 3.97. The highest BCUT2D eigenvalue weighted by molar-refractivity contribution is 5.93. The van der Waals surface area contributed by atoms with Crippen LogP contribution in [0.1, 0.15) is 23.6 Å². The minimum Gasteiger partial charge on any atom is -0.494 e. The predicted molar refractivity (Wildman–Crippen MR) is 130 cm³/mol. The molecular weight excluding hydrogens is 418 g/mol. The van der Waals surface area contributed by atoms with E-state index in [0.717, 1.165) is 59.7 Å². The van der Waals surface area contributed by atoms with E-state index in [1.165, 1.54) is 0 Å². The Bertz CT molecular complexity index is 1180. The second-order valence-electron chi connectivity index (χ2n) is 8.55. The van der Waals surface area contributed by atoms with E-state index >= 15 is 0 Å². The van der Waals surface area contributed by atoms with Crippen molar-refractivity contribution in [3.8, 4) is 5.75 Å². The molecule has 1 N–H and O–H groups in total. The molecule has 0 saturated carbocycles. The molecule has 33 heavy (non-hydrogen) atoms. The third-order valence-corrected chi connectivity index (χ3v) is 6.08. The molecule has 1 aliphatic rings. The highest BCUT2D eigenvalue weighted by Crippen LogP contribution is 2.24. The number of amides is 1. The van der Waals surface area contributed by atoms with Gasteiger partial charge in [-0.3, -0.25) is 14.6 Å². The number of para-hydroxylation sites is 1. The van der Waals surface area contributed by atoms with Crippen molar-refractivity contribution in [2.45, 2.75) is 27.3 Å². The van der Waals surface area contributed by atoms with Gasteiger partial charge in [-0.2, -0.15) is 0 Å². The normalized spacial score (nSPS) is 15.0. The number of rotatable bonds is 7. The zero-order valence-electron chi connectivity index (χ0n) is 19.5. The number of fused-ring (bicyclic) bond motifs is 1. The van der Waals surface area contributed by atoms with E-state index < -0.39 is 0 Å². The number of anilines is 1. The van der Waals surface area contributed by atoms with Gasteiger partial charge in [0, 0.05) is 49.9 Å². The van der Waals surface area contributed by atoms with Gasteiger partial charge in [0.25, 0.3) is 0 Å². The summed E-state index contributed by atoms with van der Waals surface area (Å²) in [6.07, 6.45) is 0. The SMILES string of the molecule is CCOc1ccc2oc(=O)cc(CN3CCN(CC(=O)Nc4c(C)cccc4C)CC3)c2c1. The minimum absolute atomic E-state index is 0.0102. The fourth-order valence-electron chi connectivity index (χ4n) is 4.33. The highest BCUT2D eigenvalue weighted by atomic mass is 16.5. The van der Waals surface area contributed by atoms with Crippen LogP contribution in [0.25, 0.3) is 11.0 Å². The van der Waals surface area contributed by atoms with Crippen LogP contribution in [0, 0.1) is 13.8 Å². The number of carbonyl (C=O) groups excluding carboxylic acids is 1. The summed E-state index contributed by atoms with van der Waals surface area (Å²) in [6.45, 7) is 10.8. The Hall–Kier alpha value is -3.16. The lowest BCUT2D eigenvalue weighted by Crippen LogP contribution is -2.48. The van der Waals surface area contributed by atoms with Gasteiger partial charge in [0.2, 0.25) is 5.91 Å². The number of hydrogen-bond acceptors (Lipinski definition) is 6. The number of nitrogens with zero attached hydrogens (tertiary/aromatic N) is 2. The van der Waals surface area contributed by atoms with Crippen molar-refractivity contribution in [2.75, 3.05) is 44.6 Å². The Balaban J connectivity index is 1.37. The number of hydrogen-bond donors (Lipinski definition) is 1. The van der Waals surface area contributed by atoms with E-state index in [-0.39, 0.29) is 11.5 Å². The summed E-state index contributed by atoms with van der Waals surface area (Å²) >= 11 is 0. The lowest BCUT2D eigenvalue weighted by atomic mass is 10.1. The lowest BCUT2D eigenvalue weighted by molar-refractivity contribution is -0.117. The molecule has 0 atom stereocenters. The summed E-state index contributed by atoms with van der Waals surface area (Å²) < 4.78 is 11.0. The number of piperazine rings is 1. The Labute approximate surface area is 193 Å². The zero-order chi connectivity index (χ0) is 23.4. The highest BCUT2D eigenvalue weighted by Gasteiger charge is 2.21. The molecule has 1 aromatic heterocycles. The van der Waals surface area contributed by atoms with Crippen molar-refractivity contribution in [1.82, 2.24) is 9.80 Å². The van der Waals surface area contributed by atoms with Crippen LogP contribution in [0.2, 0.25) is 0 Å². The molecule has 0 unspecified atom stereocenters. The van der Waals surface area contributed by atoms with Crippen molar-refractivity contribution in [3.05, 3.63) is 69.6 Å². The molecule has 3 aromatic rings. The Morgan fingerprint density at radius 1 is 1.03 bits per heavy atom. The molecule has 1 saturated heterocycles. The molecule has 0 spiro atoms. The molecule has 1 fully saturated rings. The Morgan fingerprint density at radius 2 is 1.73 bits per heavy atom. The van der Waals surface area contributed by atoms with E-state index in [1.54, 1.807) is 12.1 Å². The smallest absolute Gasteiger partial charge is 0.336 e. The van der Waals surface area contributed by atoms with Crippen LogP contribution >= 0.6 is 0 Å². The topological polar surface area (TPSA) is 75.0 Å². The van der Waals surface area contributed by atoms with Gasteiger partial charge in [-0.1, -0.05) is 18.2 Å². The van der Waals surface area contributed by atoms with Gasteiger partial charge in [0.05, 0.1) is 13.2 Å². The van der Waals surface area contributed by atoms with Crippen LogP contribution in [0.4, 0.5) is 5.69 Å². The largest absolute Gasteiger partial charge is 0.494 e. The number of carbonyl (C=O) groups is 1. The molecule has 7 heteroatoms. The molecule has 2 aromatic carbocycles. The van der Waals surface area contributed by atoms with E-state index in [2.05, 4.69) is 15.1 Å². The van der Waals surface area contributed by atoms with Gasteiger partial charge in [-0.05, 0) is 55.7 Å². The standard InChI is InChI=1S/C26H31N3O4/c1-4-32-21-8-9-23-22(15-21)20(14-25(31)33-23)16-28-10-12-29(13-11-28)17-24(30)27-26-18(2)6-5-7-19(26)3/h5-9,14-15H,4,10-13,16-17H2,1-3H3,(H,27,30). The number of benzene rings is 2. The number of aryl methyl sites for hydroxylation is 2. The van der Waals surface area contributed by atoms with Gasteiger partial charge in [-0.15, -0.1) is 0 Å². The van der Waals surface area contributed by atoms with E-state index in [4.69, 9.17) is 9.15 Å². The Morgan fingerprint density at radius 3 is 2.42 bits per heavy atom. The van der Waals surface area contributed by atoms with Crippen molar-refractivity contribution in [1.29, 1.82) is 0 Å². The molecule has 1 aliphatic heterocycles. The predicted octanol–water partition coefficient (Wildman–Crippen LogP) is 3.56. The van der Waals surface area contributed by atoms with Crippen molar-refractivity contribution >= 4 is 22.6 Å². The number of nitrogens with one attached hydrogen (secondary N) is 1. The van der Waals surface area contributed by atoms with Crippen molar-refractivity contribution in [2.24, 2.45) is 0 Å². The van der Waals surface area contributed by atoms with Gasteiger partial charge in [0.1, 0.15) is 11.3 Å². The first kappa shape index (κ1) is 23.0. The quantitative estimate of drug-likeness (QED) is 0.556. The maximum absolute atomic E-state index is 12.6. The molecule has 4 rings (SSSR count). The molecule has 174 valence electrons. The monoisotopic (exact) mass is 449 g/mol. The van der Waals surface area contributed by atoms with E-state index in [1.807, 2.05) is 51.1 Å². The van der Waals surface area contributed by atoms with Crippen LogP contribution in [-0.2, 0) is 11.3 Å². The molecule has 2 heterocycles. The second kappa shape index (κ2) is 10.2. The maximum Gasteiger partial charge on any atom is 0.336 e. The van der Waals surface area contributed by atoms with Crippen molar-refractivity contribution < 1.29 is 13.9 Å². The summed E-state index contributed by atoms with van der Waals surface area (Å²) in [5.74, 6) is 0.774. The second-order valence-corrected chi connectivity index (χ2v) is 8.55.